The number of aromatic nitrogens is 2. The van der Waals surface area contributed by atoms with Crippen molar-refractivity contribution in [1.29, 1.82) is 0 Å². The smallest absolute Gasteiger partial charge is 0.261 e. The second kappa shape index (κ2) is 7.84. The lowest BCUT2D eigenvalue weighted by molar-refractivity contribution is 0.102. The molecule has 1 aliphatic rings. The molecular formula is C19H19N3O3S2. The van der Waals surface area contributed by atoms with E-state index in [9.17, 15) is 4.79 Å². The first kappa shape index (κ1) is 18.2. The van der Waals surface area contributed by atoms with E-state index < -0.39 is 0 Å². The van der Waals surface area contributed by atoms with Crippen LogP contribution in [0.2, 0.25) is 0 Å². The van der Waals surface area contributed by atoms with Crippen LogP contribution in [0.5, 0.6) is 0 Å². The van der Waals surface area contributed by atoms with Crippen LogP contribution in [-0.2, 0) is 17.8 Å². The number of thioether (sulfide) groups is 1. The van der Waals surface area contributed by atoms with Crippen LogP contribution in [0.1, 0.15) is 33.5 Å². The number of fused-ring (bicyclic) bond motifs is 1. The van der Waals surface area contributed by atoms with Crippen LogP contribution in [0.4, 0.5) is 5.00 Å². The Kier molecular flexibility index (Phi) is 5.29. The van der Waals surface area contributed by atoms with E-state index in [0.717, 1.165) is 38.1 Å². The van der Waals surface area contributed by atoms with Gasteiger partial charge in [0, 0.05) is 9.77 Å². The highest BCUT2D eigenvalue weighted by atomic mass is 32.2. The Morgan fingerprint density at radius 3 is 3.00 bits per heavy atom. The molecule has 1 aliphatic heterocycles. The van der Waals surface area contributed by atoms with Crippen molar-refractivity contribution in [3.05, 3.63) is 46.1 Å². The monoisotopic (exact) mass is 401 g/mol. The van der Waals surface area contributed by atoms with Crippen LogP contribution in [0, 0.1) is 6.92 Å². The number of rotatable bonds is 5. The van der Waals surface area contributed by atoms with E-state index in [2.05, 4.69) is 22.4 Å². The second-order valence-electron chi connectivity index (χ2n) is 6.04. The van der Waals surface area contributed by atoms with Crippen LogP contribution in [0.3, 0.4) is 0 Å². The summed E-state index contributed by atoms with van der Waals surface area (Å²) < 4.78 is 11.0. The fourth-order valence-electron chi connectivity index (χ4n) is 3.05. The highest BCUT2D eigenvalue weighted by molar-refractivity contribution is 7.99. The van der Waals surface area contributed by atoms with Gasteiger partial charge in [-0.1, -0.05) is 24.2 Å². The predicted octanol–water partition coefficient (Wildman–Crippen LogP) is 4.54. The third kappa shape index (κ3) is 3.65. The molecule has 0 atom stereocenters. The number of anilines is 1. The minimum absolute atomic E-state index is 0.136. The first-order valence-electron chi connectivity index (χ1n) is 8.73. The van der Waals surface area contributed by atoms with E-state index in [4.69, 9.17) is 9.26 Å². The molecule has 0 radical (unpaired) electrons. The number of nitrogens with one attached hydrogen (secondary N) is 1. The van der Waals surface area contributed by atoms with Crippen LogP contribution in [-0.4, -0.2) is 28.4 Å². The lowest BCUT2D eigenvalue weighted by Crippen LogP contribution is -2.13. The number of carbonyl (C=O) groups is 1. The zero-order valence-electron chi connectivity index (χ0n) is 15.1. The summed E-state index contributed by atoms with van der Waals surface area (Å²) in [6.07, 6.45) is 0.765. The second-order valence-corrected chi connectivity index (χ2v) is 8.45. The van der Waals surface area contributed by atoms with Gasteiger partial charge in [0.05, 0.1) is 24.3 Å². The van der Waals surface area contributed by atoms with Crippen molar-refractivity contribution >= 4 is 34.0 Å². The molecule has 1 N–H and O–H groups in total. The van der Waals surface area contributed by atoms with Crippen molar-refractivity contribution in [3.63, 3.8) is 0 Å². The third-order valence-electron chi connectivity index (χ3n) is 4.22. The molecule has 3 heterocycles. The number of nitrogens with zero attached hydrogens (tertiary/aromatic N) is 2. The average molecular weight is 402 g/mol. The molecule has 0 fully saturated rings. The topological polar surface area (TPSA) is 77.3 Å². The number of ether oxygens (including phenoxy) is 1. The zero-order chi connectivity index (χ0) is 18.8. The highest BCUT2D eigenvalue weighted by Gasteiger charge is 2.27. The van der Waals surface area contributed by atoms with Gasteiger partial charge < -0.3 is 14.6 Å². The molecule has 0 unspecified atom stereocenters. The molecule has 1 amide bonds. The van der Waals surface area contributed by atoms with Crippen LogP contribution in [0.25, 0.3) is 11.5 Å². The number of hydrogen-bond donors (Lipinski definition) is 1. The number of aryl methyl sites for hydroxylation is 1. The summed E-state index contributed by atoms with van der Waals surface area (Å²) in [4.78, 5) is 19.4. The van der Waals surface area contributed by atoms with Gasteiger partial charge in [0.2, 0.25) is 0 Å². The van der Waals surface area contributed by atoms with Gasteiger partial charge in [-0.15, -0.1) is 23.1 Å². The first-order valence-corrected chi connectivity index (χ1v) is 10.5. The largest absolute Gasteiger partial charge is 0.376 e. The number of amides is 1. The molecule has 0 aliphatic carbocycles. The number of thiophene rings is 1. The van der Waals surface area contributed by atoms with Crippen LogP contribution in [0.15, 0.2) is 33.7 Å². The standard InChI is InChI=1S/C19H19N3O3S2/c1-3-26-14-7-5-4-6-13(14)17(23)21-19-16(18-20-11(2)22-25-18)12-8-9-24-10-15(12)27-19/h4-7H,3,8-10H2,1-2H3,(H,21,23). The van der Waals surface area contributed by atoms with E-state index in [1.807, 2.05) is 24.3 Å². The molecule has 0 bridgehead atoms. The molecule has 140 valence electrons. The van der Waals surface area contributed by atoms with Crippen molar-refractivity contribution in [1.82, 2.24) is 10.1 Å². The fraction of sp³-hybridized carbons (Fsp3) is 0.316. The Hall–Kier alpha value is -2.16. The first-order chi connectivity index (χ1) is 13.2. The van der Waals surface area contributed by atoms with Gasteiger partial charge >= 0.3 is 0 Å². The molecule has 0 saturated carbocycles. The predicted molar refractivity (Wildman–Crippen MR) is 107 cm³/mol. The summed E-state index contributed by atoms with van der Waals surface area (Å²) in [5, 5.41) is 7.72. The maximum absolute atomic E-state index is 13.0. The van der Waals surface area contributed by atoms with Crippen molar-refractivity contribution < 1.29 is 14.1 Å². The number of carbonyl (C=O) groups excluding carboxylic acids is 1. The summed E-state index contributed by atoms with van der Waals surface area (Å²) >= 11 is 3.17. The van der Waals surface area contributed by atoms with E-state index in [-0.39, 0.29) is 5.91 Å². The molecule has 8 heteroatoms. The maximum atomic E-state index is 13.0. The molecule has 4 rings (SSSR count). The van der Waals surface area contributed by atoms with Crippen molar-refractivity contribution in [2.45, 2.75) is 31.8 Å². The Morgan fingerprint density at radius 2 is 2.22 bits per heavy atom. The van der Waals surface area contributed by atoms with Gasteiger partial charge in [-0.3, -0.25) is 4.79 Å². The Morgan fingerprint density at radius 1 is 1.37 bits per heavy atom. The van der Waals surface area contributed by atoms with E-state index >= 15 is 0 Å². The van der Waals surface area contributed by atoms with Gasteiger partial charge in [-0.05, 0) is 36.8 Å². The van der Waals surface area contributed by atoms with E-state index in [1.54, 1.807) is 18.7 Å². The molecule has 27 heavy (non-hydrogen) atoms. The summed E-state index contributed by atoms with van der Waals surface area (Å²) in [5.41, 5.74) is 2.62. The third-order valence-corrected chi connectivity index (χ3v) is 6.30. The number of benzene rings is 1. The number of hydrogen-bond acceptors (Lipinski definition) is 7. The van der Waals surface area contributed by atoms with Crippen LogP contribution < -0.4 is 5.32 Å². The molecule has 0 spiro atoms. The molecular weight excluding hydrogens is 382 g/mol. The SMILES string of the molecule is CCSc1ccccc1C(=O)Nc1sc2c(c1-c1nc(C)no1)CCOC2. The zero-order valence-corrected chi connectivity index (χ0v) is 16.7. The Balaban J connectivity index is 1.72. The van der Waals surface area contributed by atoms with Crippen molar-refractivity contribution in [3.8, 4) is 11.5 Å². The van der Waals surface area contributed by atoms with Gasteiger partial charge in [0.15, 0.2) is 5.82 Å². The molecule has 1 aromatic carbocycles. The normalized spacial score (nSPS) is 13.4. The van der Waals surface area contributed by atoms with Gasteiger partial charge in [-0.25, -0.2) is 0 Å². The van der Waals surface area contributed by atoms with E-state index in [1.165, 1.54) is 11.3 Å². The van der Waals surface area contributed by atoms with Crippen molar-refractivity contribution in [2.75, 3.05) is 17.7 Å². The minimum atomic E-state index is -0.136. The summed E-state index contributed by atoms with van der Waals surface area (Å²) in [6, 6.07) is 7.64. The summed E-state index contributed by atoms with van der Waals surface area (Å²) in [7, 11) is 0. The summed E-state index contributed by atoms with van der Waals surface area (Å²) in [5.74, 6) is 1.78. The van der Waals surface area contributed by atoms with Crippen molar-refractivity contribution in [2.24, 2.45) is 0 Å². The lowest BCUT2D eigenvalue weighted by Gasteiger charge is -2.12. The quantitative estimate of drug-likeness (QED) is 0.632. The fourth-order valence-corrected chi connectivity index (χ4v) is 5.03. The van der Waals surface area contributed by atoms with Gasteiger partial charge in [-0.2, -0.15) is 4.98 Å². The minimum Gasteiger partial charge on any atom is -0.376 e. The van der Waals surface area contributed by atoms with Gasteiger partial charge in [0.1, 0.15) is 5.00 Å². The molecule has 2 aromatic heterocycles. The lowest BCUT2D eigenvalue weighted by atomic mass is 10.1. The molecule has 3 aromatic rings. The maximum Gasteiger partial charge on any atom is 0.261 e. The Labute approximate surface area is 165 Å². The van der Waals surface area contributed by atoms with E-state index in [0.29, 0.717) is 30.5 Å². The Bertz CT molecular complexity index is 980. The highest BCUT2D eigenvalue weighted by Crippen LogP contribution is 2.42. The van der Waals surface area contributed by atoms with Crippen LogP contribution >= 0.6 is 23.1 Å². The summed E-state index contributed by atoms with van der Waals surface area (Å²) in [6.45, 7) is 5.04. The van der Waals surface area contributed by atoms with Gasteiger partial charge in [0.25, 0.3) is 11.8 Å². The molecule has 0 saturated heterocycles. The molecule has 6 nitrogen and oxygen atoms in total. The average Bonchev–Trinajstić information content (AvgIpc) is 3.25.